The van der Waals surface area contributed by atoms with Crippen LogP contribution < -0.4 is 10.6 Å². The van der Waals surface area contributed by atoms with Crippen LogP contribution in [0.5, 0.6) is 0 Å². The summed E-state index contributed by atoms with van der Waals surface area (Å²) in [6, 6.07) is 0.177. The maximum atomic E-state index is 11.9. The number of hydrogen-bond acceptors (Lipinski definition) is 5. The molecule has 1 amide bonds. The smallest absolute Gasteiger partial charge is 0.271 e. The van der Waals surface area contributed by atoms with Gasteiger partial charge in [0.1, 0.15) is 11.5 Å². The third-order valence-corrected chi connectivity index (χ3v) is 2.68. The van der Waals surface area contributed by atoms with Gasteiger partial charge < -0.3 is 15.4 Å². The van der Waals surface area contributed by atoms with Crippen molar-refractivity contribution in [2.45, 2.75) is 18.9 Å². The van der Waals surface area contributed by atoms with Gasteiger partial charge >= 0.3 is 0 Å². The van der Waals surface area contributed by atoms with Crippen LogP contribution in [0, 0.1) is 0 Å². The van der Waals surface area contributed by atoms with E-state index in [9.17, 15) is 4.79 Å². The minimum absolute atomic E-state index is 0.177. The maximum absolute atomic E-state index is 11.9. The van der Waals surface area contributed by atoms with Crippen molar-refractivity contribution in [3.63, 3.8) is 0 Å². The Balaban J connectivity index is 1.98. The second-order valence-corrected chi connectivity index (χ2v) is 3.90. The average molecular weight is 236 g/mol. The van der Waals surface area contributed by atoms with Crippen LogP contribution >= 0.6 is 0 Å². The summed E-state index contributed by atoms with van der Waals surface area (Å²) in [5.41, 5.74) is 0.336. The van der Waals surface area contributed by atoms with E-state index in [1.807, 2.05) is 0 Å². The largest absolute Gasteiger partial charge is 0.381 e. The molecule has 0 aliphatic carbocycles. The Morgan fingerprint density at radius 3 is 2.88 bits per heavy atom. The lowest BCUT2D eigenvalue weighted by Crippen LogP contribution is -2.39. The van der Waals surface area contributed by atoms with Crippen LogP contribution in [0.1, 0.15) is 23.3 Å². The number of carbonyl (C=O) groups excluding carboxylic acids is 1. The fourth-order valence-electron chi connectivity index (χ4n) is 1.70. The fourth-order valence-corrected chi connectivity index (χ4v) is 1.70. The molecular weight excluding hydrogens is 220 g/mol. The van der Waals surface area contributed by atoms with Gasteiger partial charge in [-0.25, -0.2) is 4.98 Å². The molecule has 2 N–H and O–H groups in total. The van der Waals surface area contributed by atoms with E-state index < -0.39 is 0 Å². The second-order valence-electron chi connectivity index (χ2n) is 3.90. The molecule has 6 heteroatoms. The Labute approximate surface area is 99.8 Å². The van der Waals surface area contributed by atoms with Crippen LogP contribution in [0.2, 0.25) is 0 Å². The number of carbonyl (C=O) groups is 1. The highest BCUT2D eigenvalue weighted by atomic mass is 16.5. The predicted octanol–water partition coefficient (Wildman–Crippen LogP) is 0.427. The molecule has 17 heavy (non-hydrogen) atoms. The van der Waals surface area contributed by atoms with E-state index in [0.717, 1.165) is 12.8 Å². The Morgan fingerprint density at radius 1 is 1.41 bits per heavy atom. The van der Waals surface area contributed by atoms with Crippen molar-refractivity contribution in [1.82, 2.24) is 15.3 Å². The SMILES string of the molecule is CNc1cncc(C(=O)NC2CCOCC2)n1. The van der Waals surface area contributed by atoms with E-state index in [0.29, 0.717) is 24.7 Å². The summed E-state index contributed by atoms with van der Waals surface area (Å²) in [5.74, 6) is 0.408. The van der Waals surface area contributed by atoms with Crippen molar-refractivity contribution in [1.29, 1.82) is 0 Å². The molecule has 2 heterocycles. The van der Waals surface area contributed by atoms with Crippen LogP contribution in [0.3, 0.4) is 0 Å². The van der Waals surface area contributed by atoms with Gasteiger partial charge in [-0.3, -0.25) is 9.78 Å². The van der Waals surface area contributed by atoms with Gasteiger partial charge in [-0.1, -0.05) is 0 Å². The van der Waals surface area contributed by atoms with Gasteiger partial charge in [-0.15, -0.1) is 0 Å². The van der Waals surface area contributed by atoms with Crippen LogP contribution in [-0.4, -0.2) is 42.2 Å². The van der Waals surface area contributed by atoms with Crippen molar-refractivity contribution < 1.29 is 9.53 Å². The third kappa shape index (κ3) is 3.13. The van der Waals surface area contributed by atoms with Crippen molar-refractivity contribution >= 4 is 11.7 Å². The van der Waals surface area contributed by atoms with Crippen molar-refractivity contribution in [3.05, 3.63) is 18.1 Å². The molecule has 0 atom stereocenters. The number of nitrogens with zero attached hydrogens (tertiary/aromatic N) is 2. The molecule has 1 saturated heterocycles. The minimum atomic E-state index is -0.179. The molecule has 0 radical (unpaired) electrons. The number of aromatic nitrogens is 2. The molecule has 6 nitrogen and oxygen atoms in total. The summed E-state index contributed by atoms with van der Waals surface area (Å²) in [6.07, 6.45) is 4.75. The topological polar surface area (TPSA) is 76.1 Å². The summed E-state index contributed by atoms with van der Waals surface area (Å²) >= 11 is 0. The van der Waals surface area contributed by atoms with E-state index in [4.69, 9.17) is 4.74 Å². The summed E-state index contributed by atoms with van der Waals surface area (Å²) in [6.45, 7) is 1.40. The van der Waals surface area contributed by atoms with Crippen LogP contribution in [-0.2, 0) is 4.74 Å². The first-order valence-electron chi connectivity index (χ1n) is 5.68. The van der Waals surface area contributed by atoms with Gasteiger partial charge in [0.2, 0.25) is 0 Å². The van der Waals surface area contributed by atoms with E-state index in [2.05, 4.69) is 20.6 Å². The number of amides is 1. The number of anilines is 1. The summed E-state index contributed by atoms with van der Waals surface area (Å²) < 4.78 is 5.23. The molecule has 1 aliphatic heterocycles. The highest BCUT2D eigenvalue weighted by Crippen LogP contribution is 2.07. The monoisotopic (exact) mass is 236 g/mol. The lowest BCUT2D eigenvalue weighted by atomic mass is 10.1. The first-order valence-corrected chi connectivity index (χ1v) is 5.68. The maximum Gasteiger partial charge on any atom is 0.271 e. The van der Waals surface area contributed by atoms with Gasteiger partial charge in [0.25, 0.3) is 5.91 Å². The van der Waals surface area contributed by atoms with Crippen molar-refractivity contribution in [2.24, 2.45) is 0 Å². The van der Waals surface area contributed by atoms with Crippen molar-refractivity contribution in [3.8, 4) is 0 Å². The van der Waals surface area contributed by atoms with Gasteiger partial charge in [0.15, 0.2) is 0 Å². The molecule has 0 spiro atoms. The zero-order valence-electron chi connectivity index (χ0n) is 9.77. The van der Waals surface area contributed by atoms with Gasteiger partial charge in [0.05, 0.1) is 12.4 Å². The normalized spacial score (nSPS) is 16.5. The molecule has 0 saturated carbocycles. The first kappa shape index (κ1) is 11.8. The number of rotatable bonds is 3. The van der Waals surface area contributed by atoms with Crippen LogP contribution in [0.4, 0.5) is 5.82 Å². The lowest BCUT2D eigenvalue weighted by Gasteiger charge is -2.22. The molecule has 1 aromatic rings. The standard InChI is InChI=1S/C11H16N4O2/c1-12-10-7-13-6-9(15-10)11(16)14-8-2-4-17-5-3-8/h6-8H,2-5H2,1H3,(H,12,15)(H,14,16). The van der Waals surface area contributed by atoms with E-state index >= 15 is 0 Å². The van der Waals surface area contributed by atoms with Crippen molar-refractivity contribution in [2.75, 3.05) is 25.6 Å². The summed E-state index contributed by atoms with van der Waals surface area (Å²) in [5, 5.41) is 5.79. The Bertz CT molecular complexity index is 391. The highest BCUT2D eigenvalue weighted by Gasteiger charge is 2.17. The number of ether oxygens (including phenoxy) is 1. The van der Waals surface area contributed by atoms with Gasteiger partial charge in [-0.2, -0.15) is 0 Å². The van der Waals surface area contributed by atoms with E-state index in [1.165, 1.54) is 6.20 Å². The highest BCUT2D eigenvalue weighted by molar-refractivity contribution is 5.92. The molecular formula is C11H16N4O2. The number of hydrogen-bond donors (Lipinski definition) is 2. The first-order chi connectivity index (χ1) is 8.29. The molecule has 2 rings (SSSR count). The van der Waals surface area contributed by atoms with Crippen LogP contribution in [0.25, 0.3) is 0 Å². The van der Waals surface area contributed by atoms with Gasteiger partial charge in [-0.05, 0) is 12.8 Å². The number of nitrogens with one attached hydrogen (secondary N) is 2. The second kappa shape index (κ2) is 5.58. The molecule has 1 aliphatic rings. The Kier molecular flexibility index (Phi) is 3.87. The lowest BCUT2D eigenvalue weighted by molar-refractivity contribution is 0.0694. The molecule has 0 aromatic carbocycles. The molecule has 1 aromatic heterocycles. The molecule has 0 bridgehead atoms. The van der Waals surface area contributed by atoms with Crippen LogP contribution in [0.15, 0.2) is 12.4 Å². The molecule has 92 valence electrons. The van der Waals surface area contributed by atoms with Gasteiger partial charge in [0, 0.05) is 26.3 Å². The predicted molar refractivity (Wildman–Crippen MR) is 62.9 cm³/mol. The Morgan fingerprint density at radius 2 is 2.18 bits per heavy atom. The fraction of sp³-hybridized carbons (Fsp3) is 0.545. The zero-order valence-corrected chi connectivity index (χ0v) is 9.77. The van der Waals surface area contributed by atoms with E-state index in [-0.39, 0.29) is 11.9 Å². The minimum Gasteiger partial charge on any atom is -0.381 e. The van der Waals surface area contributed by atoms with E-state index in [1.54, 1.807) is 13.2 Å². The zero-order chi connectivity index (χ0) is 12.1. The quantitative estimate of drug-likeness (QED) is 0.795. The summed E-state index contributed by atoms with van der Waals surface area (Å²) in [7, 11) is 1.74. The average Bonchev–Trinajstić information content (AvgIpc) is 2.40. The molecule has 1 fully saturated rings. The third-order valence-electron chi connectivity index (χ3n) is 2.68. The summed E-state index contributed by atoms with van der Waals surface area (Å²) in [4.78, 5) is 20.0. The Hall–Kier alpha value is -1.69. The molecule has 0 unspecified atom stereocenters.